The molecule has 0 aromatic heterocycles. The van der Waals surface area contributed by atoms with Gasteiger partial charge >= 0.3 is 5.97 Å². The molecule has 0 aliphatic heterocycles. The molecule has 2 rings (SSSR count). The van der Waals surface area contributed by atoms with Crippen molar-refractivity contribution >= 4 is 17.6 Å². The van der Waals surface area contributed by atoms with Gasteiger partial charge in [0.1, 0.15) is 5.82 Å². The van der Waals surface area contributed by atoms with Gasteiger partial charge in [-0.1, -0.05) is 6.42 Å². The maximum Gasteiger partial charge on any atom is 0.306 e. The summed E-state index contributed by atoms with van der Waals surface area (Å²) >= 11 is 0. The zero-order chi connectivity index (χ0) is 15.2. The van der Waals surface area contributed by atoms with E-state index in [9.17, 15) is 14.0 Å². The van der Waals surface area contributed by atoms with Crippen molar-refractivity contribution in [1.82, 2.24) is 5.32 Å². The van der Waals surface area contributed by atoms with Crippen molar-refractivity contribution in [2.75, 3.05) is 18.4 Å². The molecule has 5 nitrogen and oxygen atoms in total. The Morgan fingerprint density at radius 3 is 2.62 bits per heavy atom. The molecule has 3 N–H and O–H groups in total. The quantitative estimate of drug-likeness (QED) is 0.748. The van der Waals surface area contributed by atoms with Crippen LogP contribution in [-0.4, -0.2) is 30.1 Å². The number of hydrogen-bond acceptors (Lipinski definition) is 3. The zero-order valence-corrected chi connectivity index (χ0v) is 11.6. The van der Waals surface area contributed by atoms with Crippen molar-refractivity contribution in [3.63, 3.8) is 0 Å². The fraction of sp³-hybridized carbons (Fsp3) is 0.467. The molecule has 2 unspecified atom stereocenters. The smallest absolute Gasteiger partial charge is 0.306 e. The first-order valence-electron chi connectivity index (χ1n) is 7.05. The van der Waals surface area contributed by atoms with Crippen LogP contribution in [0.4, 0.5) is 10.1 Å². The molecule has 1 fully saturated rings. The molecule has 1 aliphatic carbocycles. The van der Waals surface area contributed by atoms with Gasteiger partial charge in [-0.25, -0.2) is 4.39 Å². The van der Waals surface area contributed by atoms with Crippen LogP contribution in [-0.2, 0) is 9.59 Å². The minimum Gasteiger partial charge on any atom is -0.481 e. The van der Waals surface area contributed by atoms with Crippen molar-refractivity contribution in [3.8, 4) is 0 Å². The Labute approximate surface area is 122 Å². The van der Waals surface area contributed by atoms with Crippen molar-refractivity contribution in [2.24, 2.45) is 11.8 Å². The predicted octanol–water partition coefficient (Wildman–Crippen LogP) is 1.85. The Hall–Kier alpha value is -1.95. The van der Waals surface area contributed by atoms with Crippen LogP contribution >= 0.6 is 0 Å². The molecule has 0 spiro atoms. The maximum atomic E-state index is 12.7. The number of amides is 1. The summed E-state index contributed by atoms with van der Waals surface area (Å²) in [6.07, 6.45) is 2.51. The second-order valence-corrected chi connectivity index (χ2v) is 5.32. The molecule has 6 heteroatoms. The summed E-state index contributed by atoms with van der Waals surface area (Å²) in [7, 11) is 0. The van der Waals surface area contributed by atoms with Gasteiger partial charge in [-0.2, -0.15) is 0 Å². The molecule has 1 aliphatic rings. The van der Waals surface area contributed by atoms with E-state index in [1.807, 2.05) is 0 Å². The Morgan fingerprint density at radius 2 is 1.95 bits per heavy atom. The monoisotopic (exact) mass is 294 g/mol. The van der Waals surface area contributed by atoms with Crippen LogP contribution in [0.25, 0.3) is 0 Å². The highest BCUT2D eigenvalue weighted by atomic mass is 19.1. The topological polar surface area (TPSA) is 78.4 Å². The normalized spacial score (nSPS) is 21.2. The van der Waals surface area contributed by atoms with Gasteiger partial charge in [-0.05, 0) is 49.6 Å². The molecule has 114 valence electrons. The molecule has 21 heavy (non-hydrogen) atoms. The number of carboxylic acid groups (broad SMARTS) is 1. The summed E-state index contributed by atoms with van der Waals surface area (Å²) < 4.78 is 12.7. The van der Waals surface area contributed by atoms with E-state index in [2.05, 4.69) is 10.6 Å². The number of anilines is 1. The molecule has 0 bridgehead atoms. The molecule has 2 atom stereocenters. The summed E-state index contributed by atoms with van der Waals surface area (Å²) in [5, 5.41) is 14.7. The number of aliphatic carboxylic acids is 1. The van der Waals surface area contributed by atoms with E-state index in [0.717, 1.165) is 12.8 Å². The average molecular weight is 294 g/mol. The second kappa shape index (κ2) is 7.17. The predicted molar refractivity (Wildman–Crippen MR) is 76.4 cm³/mol. The minimum absolute atomic E-state index is 0.0844. The first kappa shape index (κ1) is 15.4. The molecule has 0 saturated heterocycles. The van der Waals surface area contributed by atoms with Crippen LogP contribution in [0.1, 0.15) is 19.3 Å². The molecule has 0 radical (unpaired) electrons. The summed E-state index contributed by atoms with van der Waals surface area (Å²) in [6, 6.07) is 5.54. The van der Waals surface area contributed by atoms with Crippen LogP contribution in [0.2, 0.25) is 0 Å². The lowest BCUT2D eigenvalue weighted by Gasteiger charge is -2.16. The largest absolute Gasteiger partial charge is 0.481 e. The fourth-order valence-corrected chi connectivity index (χ4v) is 2.72. The standard InChI is InChI=1S/C15H19FN2O3/c16-11-4-6-12(7-5-11)18-14(19)9-17-8-10-2-1-3-13(10)15(20)21/h4-7,10,13,17H,1-3,8-9H2,(H,18,19)(H,20,21). The summed E-state index contributed by atoms with van der Waals surface area (Å²) in [4.78, 5) is 22.7. The van der Waals surface area contributed by atoms with Gasteiger partial charge in [0, 0.05) is 5.69 Å². The second-order valence-electron chi connectivity index (χ2n) is 5.32. The van der Waals surface area contributed by atoms with Gasteiger partial charge < -0.3 is 15.7 Å². The van der Waals surface area contributed by atoms with Gasteiger partial charge in [0.15, 0.2) is 0 Å². The Bertz CT molecular complexity index is 504. The van der Waals surface area contributed by atoms with Crippen LogP contribution in [0.3, 0.4) is 0 Å². The highest BCUT2D eigenvalue weighted by Crippen LogP contribution is 2.31. The number of halogens is 1. The van der Waals surface area contributed by atoms with E-state index in [1.54, 1.807) is 0 Å². The van der Waals surface area contributed by atoms with Crippen molar-refractivity contribution in [3.05, 3.63) is 30.1 Å². The average Bonchev–Trinajstić information content (AvgIpc) is 2.90. The first-order valence-corrected chi connectivity index (χ1v) is 7.05. The van der Waals surface area contributed by atoms with Gasteiger partial charge in [-0.3, -0.25) is 9.59 Å². The van der Waals surface area contributed by atoms with E-state index in [-0.39, 0.29) is 30.1 Å². The van der Waals surface area contributed by atoms with Crippen molar-refractivity contribution in [1.29, 1.82) is 0 Å². The Morgan fingerprint density at radius 1 is 1.24 bits per heavy atom. The number of nitrogens with one attached hydrogen (secondary N) is 2. The van der Waals surface area contributed by atoms with E-state index in [1.165, 1.54) is 24.3 Å². The number of rotatable bonds is 6. The van der Waals surface area contributed by atoms with Gasteiger partial charge in [0.25, 0.3) is 0 Å². The van der Waals surface area contributed by atoms with E-state index in [4.69, 9.17) is 5.11 Å². The molecule has 1 saturated carbocycles. The zero-order valence-electron chi connectivity index (χ0n) is 11.6. The van der Waals surface area contributed by atoms with Gasteiger partial charge in [-0.15, -0.1) is 0 Å². The lowest BCUT2D eigenvalue weighted by Crippen LogP contribution is -2.34. The van der Waals surface area contributed by atoms with Crippen LogP contribution in [0.5, 0.6) is 0 Å². The van der Waals surface area contributed by atoms with Crippen molar-refractivity contribution < 1.29 is 19.1 Å². The van der Waals surface area contributed by atoms with Crippen molar-refractivity contribution in [2.45, 2.75) is 19.3 Å². The number of carbonyl (C=O) groups excluding carboxylic acids is 1. The lowest BCUT2D eigenvalue weighted by atomic mass is 9.96. The van der Waals surface area contributed by atoms with E-state index >= 15 is 0 Å². The SMILES string of the molecule is O=C(CNCC1CCCC1C(=O)O)Nc1ccc(F)cc1. The number of hydrogen-bond donors (Lipinski definition) is 3. The van der Waals surface area contributed by atoms with E-state index < -0.39 is 5.97 Å². The Balaban J connectivity index is 1.72. The van der Waals surface area contributed by atoms with Crippen LogP contribution in [0, 0.1) is 17.7 Å². The lowest BCUT2D eigenvalue weighted by molar-refractivity contribution is -0.142. The third kappa shape index (κ3) is 4.53. The molecular formula is C15H19FN2O3. The fourth-order valence-electron chi connectivity index (χ4n) is 2.72. The highest BCUT2D eigenvalue weighted by molar-refractivity contribution is 5.92. The Kier molecular flexibility index (Phi) is 5.27. The first-order chi connectivity index (χ1) is 10.1. The summed E-state index contributed by atoms with van der Waals surface area (Å²) in [5.41, 5.74) is 0.535. The molecule has 1 amide bonds. The number of benzene rings is 1. The molecule has 1 aromatic carbocycles. The van der Waals surface area contributed by atoms with Crippen LogP contribution in [0.15, 0.2) is 24.3 Å². The van der Waals surface area contributed by atoms with Gasteiger partial charge in [0.2, 0.25) is 5.91 Å². The number of carboxylic acids is 1. The summed E-state index contributed by atoms with van der Waals surface area (Å²) in [5.74, 6) is -1.56. The number of carbonyl (C=O) groups is 2. The third-order valence-electron chi connectivity index (χ3n) is 3.80. The minimum atomic E-state index is -0.755. The molecular weight excluding hydrogens is 275 g/mol. The third-order valence-corrected chi connectivity index (χ3v) is 3.80. The maximum absolute atomic E-state index is 12.7. The van der Waals surface area contributed by atoms with Crippen LogP contribution < -0.4 is 10.6 Å². The van der Waals surface area contributed by atoms with Gasteiger partial charge in [0.05, 0.1) is 12.5 Å². The molecule has 1 aromatic rings. The molecule has 0 heterocycles. The van der Waals surface area contributed by atoms with E-state index in [0.29, 0.717) is 18.7 Å². The highest BCUT2D eigenvalue weighted by Gasteiger charge is 2.32. The summed E-state index contributed by atoms with van der Waals surface area (Å²) in [6.45, 7) is 0.633.